The number of benzene rings is 1. The van der Waals surface area contributed by atoms with Crippen LogP contribution in [0.1, 0.15) is 59.2 Å². The monoisotopic (exact) mass is 535 g/mol. The summed E-state index contributed by atoms with van der Waals surface area (Å²) in [4.78, 5) is 33.5. The van der Waals surface area contributed by atoms with Crippen LogP contribution in [0.2, 0.25) is 6.82 Å². The van der Waals surface area contributed by atoms with Gasteiger partial charge < -0.3 is 23.0 Å². The van der Waals surface area contributed by atoms with Crippen LogP contribution in [0.4, 0.5) is 10.0 Å². The lowest BCUT2D eigenvalue weighted by Crippen LogP contribution is -2.20. The normalized spacial score (nSPS) is 14.0. The number of azide groups is 1. The number of hydrogen-bond donors (Lipinski definition) is 0. The molecular formula is C27H31BFN5O5. The molecule has 1 aromatic carbocycles. The fourth-order valence-corrected chi connectivity index (χ4v) is 4.84. The largest absolute Gasteiger partial charge is 0.493 e. The highest BCUT2D eigenvalue weighted by Crippen LogP contribution is 2.42. The summed E-state index contributed by atoms with van der Waals surface area (Å²) in [5.41, 5.74) is 13.2. The highest BCUT2D eigenvalue weighted by molar-refractivity contribution is 6.48. The number of nitrogens with zero attached hydrogens (tertiary/aromatic N) is 5. The molecular weight excluding hydrogens is 504 g/mol. The molecule has 12 heteroatoms. The lowest BCUT2D eigenvalue weighted by Gasteiger charge is -2.20. The molecule has 2 aromatic rings. The molecule has 1 aliphatic rings. The van der Waals surface area contributed by atoms with Crippen LogP contribution in [-0.4, -0.2) is 49.6 Å². The molecule has 0 atom stereocenters. The number of rotatable bonds is 9. The first-order chi connectivity index (χ1) is 18.5. The fourth-order valence-electron chi connectivity index (χ4n) is 4.84. The number of esters is 2. The number of hydrogen-bond acceptors (Lipinski definition) is 7. The van der Waals surface area contributed by atoms with Crippen molar-refractivity contribution in [1.82, 2.24) is 4.48 Å². The lowest BCUT2D eigenvalue weighted by atomic mass is 9.87. The number of carbonyl (C=O) groups excluding carboxylic acids is 2. The van der Waals surface area contributed by atoms with E-state index in [1.165, 1.54) is 18.4 Å². The van der Waals surface area contributed by atoms with Crippen LogP contribution < -0.4 is 0 Å². The first kappa shape index (κ1) is 29.3. The maximum Gasteiger partial charge on any atom is 0.462 e. The Morgan fingerprint density at radius 1 is 1.13 bits per heavy atom. The third-order valence-electron chi connectivity index (χ3n) is 6.42. The zero-order valence-corrected chi connectivity index (χ0v) is 23.4. The minimum absolute atomic E-state index is 0.141. The van der Waals surface area contributed by atoms with Gasteiger partial charge in [-0.2, -0.15) is 0 Å². The number of ether oxygens (including phenoxy) is 3. The summed E-state index contributed by atoms with van der Waals surface area (Å²) in [5, 5.41) is 3.74. The summed E-state index contributed by atoms with van der Waals surface area (Å²) in [6, 6.07) is 5.06. The molecule has 0 spiro atoms. The molecule has 0 saturated carbocycles. The molecule has 1 aliphatic heterocycles. The number of methoxy groups -OCH3 is 1. The van der Waals surface area contributed by atoms with Gasteiger partial charge in [0.15, 0.2) is 5.76 Å². The summed E-state index contributed by atoms with van der Waals surface area (Å²) in [7, 11) is -0.146. The minimum atomic E-state index is -1.55. The summed E-state index contributed by atoms with van der Waals surface area (Å²) in [6.45, 7) is 11.9. The van der Waals surface area contributed by atoms with Gasteiger partial charge in [-0.1, -0.05) is 17.2 Å². The third kappa shape index (κ3) is 5.33. The Bertz CT molecular complexity index is 1480. The predicted octanol–water partition coefficient (Wildman–Crippen LogP) is 6.16. The van der Waals surface area contributed by atoms with E-state index in [1.807, 2.05) is 6.92 Å². The van der Waals surface area contributed by atoms with Crippen molar-refractivity contribution in [1.29, 1.82) is 0 Å². The maximum absolute atomic E-state index is 15.4. The molecule has 39 heavy (non-hydrogen) atoms. The molecule has 2 heterocycles. The first-order valence-corrected chi connectivity index (χ1v) is 12.5. The second kappa shape index (κ2) is 12.0. The van der Waals surface area contributed by atoms with E-state index in [0.717, 1.165) is 5.56 Å². The number of carbonyl (C=O) groups is 2. The zero-order valence-electron chi connectivity index (χ0n) is 23.4. The van der Waals surface area contributed by atoms with Gasteiger partial charge in [0.25, 0.3) is 0 Å². The Hall–Kier alpha value is -4.31. The quantitative estimate of drug-likeness (QED) is 0.125. The SMILES string of the molecule is CCOC(=O)C1=C(OC)/C(=C(\c2cc(N=[N+]=[N-])ccc2C)c2c(C)c(C(=O)OCC)c(C)n2B(C)F)N=C1C. The molecule has 204 valence electrons. The van der Waals surface area contributed by atoms with Gasteiger partial charge in [0.2, 0.25) is 0 Å². The highest BCUT2D eigenvalue weighted by atomic mass is 19.1. The molecule has 1 aromatic heterocycles. The minimum Gasteiger partial charge on any atom is -0.493 e. The molecule has 0 unspecified atom stereocenters. The summed E-state index contributed by atoms with van der Waals surface area (Å²) < 4.78 is 33.0. The maximum atomic E-state index is 15.4. The smallest absolute Gasteiger partial charge is 0.462 e. The van der Waals surface area contributed by atoms with Crippen molar-refractivity contribution in [2.45, 2.75) is 48.4 Å². The van der Waals surface area contributed by atoms with Crippen molar-refractivity contribution in [3.63, 3.8) is 0 Å². The molecule has 0 fully saturated rings. The van der Waals surface area contributed by atoms with Crippen molar-refractivity contribution in [3.05, 3.63) is 79.3 Å². The third-order valence-corrected chi connectivity index (χ3v) is 6.42. The summed E-state index contributed by atoms with van der Waals surface area (Å²) in [5.74, 6) is -1.06. The van der Waals surface area contributed by atoms with Crippen molar-refractivity contribution in [2.75, 3.05) is 20.3 Å². The average molecular weight is 535 g/mol. The van der Waals surface area contributed by atoms with E-state index in [2.05, 4.69) is 10.0 Å². The lowest BCUT2D eigenvalue weighted by molar-refractivity contribution is -0.138. The van der Waals surface area contributed by atoms with Gasteiger partial charge in [0.1, 0.15) is 11.3 Å². The van der Waals surface area contributed by atoms with Crippen molar-refractivity contribution in [2.24, 2.45) is 10.1 Å². The van der Waals surface area contributed by atoms with E-state index in [-0.39, 0.29) is 35.8 Å². The van der Waals surface area contributed by atoms with Crippen LogP contribution in [-0.2, 0) is 19.0 Å². The Balaban J connectivity index is 2.60. The average Bonchev–Trinajstić information content (AvgIpc) is 3.34. The second-order valence-corrected chi connectivity index (χ2v) is 8.84. The molecule has 0 N–H and O–H groups in total. The molecule has 0 aliphatic carbocycles. The van der Waals surface area contributed by atoms with Crippen molar-refractivity contribution < 1.29 is 28.1 Å². The van der Waals surface area contributed by atoms with Crippen LogP contribution >= 0.6 is 0 Å². The van der Waals surface area contributed by atoms with Gasteiger partial charge in [0, 0.05) is 27.6 Å². The molecule has 10 nitrogen and oxygen atoms in total. The number of aryl methyl sites for hydroxylation is 1. The van der Waals surface area contributed by atoms with Crippen molar-refractivity contribution in [3.8, 4) is 0 Å². The standard InChI is InChI=1S/C27H31BFN5O5/c1-9-38-26(35)20-15(4)24(34(17(20)6)28(7)29)22(19-13-18(32-33-30)12-11-14(19)3)23-25(37-8)21(16(5)31-23)27(36)39-10-2/h11-13H,9-10H2,1-8H3/b23-22-. The Morgan fingerprint density at radius 2 is 1.77 bits per heavy atom. The fraction of sp³-hybridized carbons (Fsp3) is 0.370. The van der Waals surface area contributed by atoms with Gasteiger partial charge in [-0.05, 0) is 76.7 Å². The van der Waals surface area contributed by atoms with Crippen LogP contribution in [0.25, 0.3) is 16.0 Å². The molecule has 0 amide bonds. The molecule has 0 saturated heterocycles. The van der Waals surface area contributed by atoms with Gasteiger partial charge in [0.05, 0.1) is 31.6 Å². The van der Waals surface area contributed by atoms with Gasteiger partial charge in [-0.3, -0.25) is 0 Å². The van der Waals surface area contributed by atoms with E-state index >= 15 is 4.32 Å². The highest BCUT2D eigenvalue weighted by Gasteiger charge is 2.36. The van der Waals surface area contributed by atoms with Crippen LogP contribution in [0.15, 0.2) is 45.3 Å². The first-order valence-electron chi connectivity index (χ1n) is 12.5. The summed E-state index contributed by atoms with van der Waals surface area (Å²) in [6.07, 6.45) is 0. The van der Waals surface area contributed by atoms with Gasteiger partial charge in [-0.25, -0.2) is 14.6 Å². The molecule has 0 radical (unpaired) electrons. The summed E-state index contributed by atoms with van der Waals surface area (Å²) >= 11 is 0. The number of halogens is 1. The second-order valence-electron chi connectivity index (χ2n) is 8.84. The van der Waals surface area contributed by atoms with E-state index in [1.54, 1.807) is 52.8 Å². The number of aliphatic imine (C=N–C) groups is 1. The van der Waals surface area contributed by atoms with E-state index in [0.29, 0.717) is 39.5 Å². The topological polar surface area (TPSA) is 128 Å². The number of aromatic nitrogens is 1. The van der Waals surface area contributed by atoms with Gasteiger partial charge >= 0.3 is 19.1 Å². The van der Waals surface area contributed by atoms with E-state index < -0.39 is 19.1 Å². The molecule has 3 rings (SSSR count). The van der Waals surface area contributed by atoms with Crippen LogP contribution in [0.3, 0.4) is 0 Å². The van der Waals surface area contributed by atoms with Crippen LogP contribution in [0.5, 0.6) is 0 Å². The van der Waals surface area contributed by atoms with Crippen LogP contribution in [0, 0.1) is 20.8 Å². The Labute approximate surface area is 226 Å². The Kier molecular flexibility index (Phi) is 9.03. The van der Waals surface area contributed by atoms with E-state index in [4.69, 9.17) is 24.7 Å². The molecule has 0 bridgehead atoms. The predicted molar refractivity (Wildman–Crippen MR) is 148 cm³/mol. The zero-order chi connectivity index (χ0) is 29.0. The van der Waals surface area contributed by atoms with Gasteiger partial charge in [-0.15, -0.1) is 0 Å². The van der Waals surface area contributed by atoms with E-state index in [9.17, 15) is 9.59 Å². The van der Waals surface area contributed by atoms with Crippen molar-refractivity contribution >= 4 is 36.0 Å². The Morgan fingerprint density at radius 3 is 2.33 bits per heavy atom.